The van der Waals surface area contributed by atoms with Gasteiger partial charge in [-0.05, 0) is 49.1 Å². The highest BCUT2D eigenvalue weighted by Gasteiger charge is 2.52. The van der Waals surface area contributed by atoms with E-state index in [2.05, 4.69) is 0 Å². The highest BCUT2D eigenvalue weighted by molar-refractivity contribution is 7.99. The van der Waals surface area contributed by atoms with Gasteiger partial charge < -0.3 is 4.90 Å². The third kappa shape index (κ3) is 3.15. The molecule has 1 spiro atoms. The quantitative estimate of drug-likeness (QED) is 0.766. The first kappa shape index (κ1) is 17.6. The van der Waals surface area contributed by atoms with Gasteiger partial charge >= 0.3 is 0 Å². The number of imide groups is 1. The van der Waals surface area contributed by atoms with E-state index in [1.807, 2.05) is 29.2 Å². The molecule has 138 valence electrons. The summed E-state index contributed by atoms with van der Waals surface area (Å²) in [7, 11) is 0. The minimum Gasteiger partial charge on any atom is -0.339 e. The Morgan fingerprint density at radius 1 is 1.15 bits per heavy atom. The van der Waals surface area contributed by atoms with E-state index >= 15 is 0 Å². The Morgan fingerprint density at radius 2 is 1.96 bits per heavy atom. The van der Waals surface area contributed by atoms with Crippen LogP contribution >= 0.6 is 11.8 Å². The van der Waals surface area contributed by atoms with E-state index in [1.54, 1.807) is 11.8 Å². The molecule has 4 rings (SSSR count). The van der Waals surface area contributed by atoms with Crippen LogP contribution in [-0.2, 0) is 16.1 Å². The summed E-state index contributed by atoms with van der Waals surface area (Å²) in [4.78, 5) is 41.3. The summed E-state index contributed by atoms with van der Waals surface area (Å²) in [6.07, 6.45) is 4.44. The number of hydrogen-bond acceptors (Lipinski definition) is 4. The van der Waals surface area contributed by atoms with Crippen molar-refractivity contribution in [2.75, 3.05) is 24.6 Å². The van der Waals surface area contributed by atoms with Crippen molar-refractivity contribution in [2.24, 2.45) is 5.41 Å². The zero-order valence-electron chi connectivity index (χ0n) is 14.9. The minimum atomic E-state index is -0.469. The Labute approximate surface area is 158 Å². The number of rotatable bonds is 3. The number of likely N-dealkylation sites (tertiary alicyclic amines) is 2. The van der Waals surface area contributed by atoms with Crippen molar-refractivity contribution in [3.05, 3.63) is 35.4 Å². The van der Waals surface area contributed by atoms with Crippen LogP contribution in [0, 0.1) is 5.41 Å². The molecule has 6 heteroatoms. The standard InChI is InChI=1S/C20H24N2O3S/c23-17-12-20(7-10-26-14-20)19(25)22(17)13-15-5-4-6-16(11-15)18(24)21-8-2-1-3-9-21/h4-6,11H,1-3,7-10,12-14H2. The second-order valence-corrected chi connectivity index (χ2v) is 8.70. The fourth-order valence-corrected chi connectivity index (χ4v) is 5.64. The van der Waals surface area contributed by atoms with Crippen LogP contribution in [0.15, 0.2) is 24.3 Å². The van der Waals surface area contributed by atoms with Crippen molar-refractivity contribution in [3.63, 3.8) is 0 Å². The van der Waals surface area contributed by atoms with E-state index in [0.717, 1.165) is 49.4 Å². The van der Waals surface area contributed by atoms with Crippen molar-refractivity contribution in [2.45, 2.75) is 38.6 Å². The summed E-state index contributed by atoms with van der Waals surface area (Å²) in [5.41, 5.74) is 1.02. The van der Waals surface area contributed by atoms with Crippen LogP contribution in [0.4, 0.5) is 0 Å². The van der Waals surface area contributed by atoms with E-state index in [1.165, 1.54) is 11.3 Å². The predicted octanol–water partition coefficient (Wildman–Crippen LogP) is 2.69. The first-order valence-electron chi connectivity index (χ1n) is 9.40. The molecule has 0 bridgehead atoms. The molecule has 26 heavy (non-hydrogen) atoms. The number of nitrogens with zero attached hydrogens (tertiary/aromatic N) is 2. The van der Waals surface area contributed by atoms with Crippen molar-refractivity contribution >= 4 is 29.5 Å². The van der Waals surface area contributed by atoms with Gasteiger partial charge in [0.2, 0.25) is 11.8 Å². The smallest absolute Gasteiger partial charge is 0.253 e. The number of thioether (sulfide) groups is 1. The molecular weight excluding hydrogens is 348 g/mol. The average molecular weight is 372 g/mol. The number of hydrogen-bond donors (Lipinski definition) is 0. The van der Waals surface area contributed by atoms with Crippen molar-refractivity contribution < 1.29 is 14.4 Å². The van der Waals surface area contributed by atoms with Gasteiger partial charge in [0.25, 0.3) is 5.91 Å². The van der Waals surface area contributed by atoms with Crippen LogP contribution in [0.1, 0.15) is 48.0 Å². The van der Waals surface area contributed by atoms with Gasteiger partial charge in [-0.25, -0.2) is 0 Å². The van der Waals surface area contributed by atoms with Gasteiger partial charge in [-0.1, -0.05) is 12.1 Å². The Morgan fingerprint density at radius 3 is 2.69 bits per heavy atom. The van der Waals surface area contributed by atoms with Crippen LogP contribution in [0.25, 0.3) is 0 Å². The van der Waals surface area contributed by atoms with Crippen LogP contribution in [0.3, 0.4) is 0 Å². The molecule has 3 aliphatic rings. The first-order chi connectivity index (χ1) is 12.6. The molecule has 0 radical (unpaired) electrons. The topological polar surface area (TPSA) is 57.7 Å². The number of piperidine rings is 1. The minimum absolute atomic E-state index is 0.0275. The van der Waals surface area contributed by atoms with Crippen molar-refractivity contribution in [3.8, 4) is 0 Å². The SMILES string of the molecule is O=C(c1cccc(CN2C(=O)CC3(CCSC3)C2=O)c1)N1CCCCC1. The van der Waals surface area contributed by atoms with Crippen LogP contribution in [0.2, 0.25) is 0 Å². The lowest BCUT2D eigenvalue weighted by Gasteiger charge is -2.27. The van der Waals surface area contributed by atoms with Gasteiger partial charge in [0, 0.05) is 30.8 Å². The number of benzene rings is 1. The van der Waals surface area contributed by atoms with E-state index in [-0.39, 0.29) is 24.3 Å². The highest BCUT2D eigenvalue weighted by Crippen LogP contribution is 2.45. The van der Waals surface area contributed by atoms with Gasteiger partial charge in [0.05, 0.1) is 12.0 Å². The summed E-state index contributed by atoms with van der Waals surface area (Å²) in [6.45, 7) is 1.89. The molecule has 1 aromatic rings. The molecular formula is C20H24N2O3S. The fourth-order valence-electron chi connectivity index (χ4n) is 4.20. The summed E-state index contributed by atoms with van der Waals surface area (Å²) < 4.78 is 0. The van der Waals surface area contributed by atoms with Gasteiger partial charge in [0.15, 0.2) is 0 Å². The van der Waals surface area contributed by atoms with E-state index in [9.17, 15) is 14.4 Å². The van der Waals surface area contributed by atoms with Gasteiger partial charge in [-0.2, -0.15) is 11.8 Å². The van der Waals surface area contributed by atoms with E-state index < -0.39 is 5.41 Å². The van der Waals surface area contributed by atoms with Gasteiger partial charge in [-0.15, -0.1) is 0 Å². The van der Waals surface area contributed by atoms with Gasteiger partial charge in [0.1, 0.15) is 0 Å². The monoisotopic (exact) mass is 372 g/mol. The molecule has 3 aliphatic heterocycles. The molecule has 5 nitrogen and oxygen atoms in total. The lowest BCUT2D eigenvalue weighted by Crippen LogP contribution is -2.36. The Bertz CT molecular complexity index is 736. The second-order valence-electron chi connectivity index (χ2n) is 7.60. The van der Waals surface area contributed by atoms with Crippen molar-refractivity contribution in [1.82, 2.24) is 9.80 Å². The van der Waals surface area contributed by atoms with Crippen molar-refractivity contribution in [1.29, 1.82) is 0 Å². The Hall–Kier alpha value is -1.82. The molecule has 0 aliphatic carbocycles. The lowest BCUT2D eigenvalue weighted by molar-refractivity contribution is -0.141. The predicted molar refractivity (Wildman–Crippen MR) is 101 cm³/mol. The van der Waals surface area contributed by atoms with Gasteiger partial charge in [-0.3, -0.25) is 19.3 Å². The average Bonchev–Trinajstić information content (AvgIpc) is 3.23. The fraction of sp³-hybridized carbons (Fsp3) is 0.550. The zero-order valence-corrected chi connectivity index (χ0v) is 15.7. The zero-order chi connectivity index (χ0) is 18.1. The molecule has 0 N–H and O–H groups in total. The summed E-state index contributed by atoms with van der Waals surface area (Å²) in [5, 5.41) is 0. The highest BCUT2D eigenvalue weighted by atomic mass is 32.2. The number of carbonyl (C=O) groups excluding carboxylic acids is 3. The normalized spacial score (nSPS) is 26.2. The maximum Gasteiger partial charge on any atom is 0.253 e. The molecule has 0 aromatic heterocycles. The van der Waals surface area contributed by atoms with Crippen LogP contribution < -0.4 is 0 Å². The molecule has 3 fully saturated rings. The molecule has 1 aromatic carbocycles. The molecule has 1 atom stereocenters. The largest absolute Gasteiger partial charge is 0.339 e. The van der Waals surface area contributed by atoms with Crippen LogP contribution in [-0.4, -0.2) is 52.1 Å². The third-order valence-corrected chi connectivity index (χ3v) is 7.00. The van der Waals surface area contributed by atoms with E-state index in [0.29, 0.717) is 12.0 Å². The Kier molecular flexibility index (Phi) is 4.78. The number of amides is 3. The maximum atomic E-state index is 12.8. The summed E-state index contributed by atoms with van der Waals surface area (Å²) in [6, 6.07) is 7.40. The van der Waals surface area contributed by atoms with E-state index in [4.69, 9.17) is 0 Å². The molecule has 3 amide bonds. The van der Waals surface area contributed by atoms with Crippen LogP contribution in [0.5, 0.6) is 0 Å². The molecule has 3 heterocycles. The lowest BCUT2D eigenvalue weighted by atomic mass is 9.86. The molecule has 0 saturated carbocycles. The molecule has 3 saturated heterocycles. The number of carbonyl (C=O) groups is 3. The maximum absolute atomic E-state index is 12.8. The first-order valence-corrected chi connectivity index (χ1v) is 10.6. The third-order valence-electron chi connectivity index (χ3n) is 5.75. The molecule has 1 unspecified atom stereocenters. The summed E-state index contributed by atoms with van der Waals surface area (Å²) >= 11 is 1.76. The second kappa shape index (κ2) is 7.06. The summed E-state index contributed by atoms with van der Waals surface area (Å²) in [5.74, 6) is 1.65. The Balaban J connectivity index is 1.49.